The third-order valence-corrected chi connectivity index (χ3v) is 2.92. The zero-order valence-corrected chi connectivity index (χ0v) is 9.11. The Bertz CT molecular complexity index is 746. The standard InChI is InChI=1S/C13H8ClNO/c14-10-4-3-9-5-7-15-6-1-2-12(15)13(16)11(9)8-10/h1-8H. The second-order valence-corrected chi connectivity index (χ2v) is 4.11. The molecule has 3 rings (SSSR count). The van der Waals surface area contributed by atoms with Gasteiger partial charge in [0.2, 0.25) is 5.43 Å². The predicted molar refractivity (Wildman–Crippen MR) is 66.2 cm³/mol. The molecule has 0 N–H and O–H groups in total. The molecular formula is C13H8ClNO. The van der Waals surface area contributed by atoms with Crippen LogP contribution < -0.4 is 5.43 Å². The van der Waals surface area contributed by atoms with Crippen molar-refractivity contribution in [1.29, 1.82) is 0 Å². The van der Waals surface area contributed by atoms with Gasteiger partial charge in [0.1, 0.15) is 0 Å². The van der Waals surface area contributed by atoms with Crippen molar-refractivity contribution in [2.75, 3.05) is 0 Å². The highest BCUT2D eigenvalue weighted by atomic mass is 35.5. The molecule has 1 aromatic carbocycles. The summed E-state index contributed by atoms with van der Waals surface area (Å²) >= 11 is 5.91. The molecule has 0 unspecified atom stereocenters. The van der Waals surface area contributed by atoms with Crippen molar-refractivity contribution in [3.63, 3.8) is 0 Å². The highest BCUT2D eigenvalue weighted by molar-refractivity contribution is 6.31. The van der Waals surface area contributed by atoms with E-state index in [1.54, 1.807) is 12.1 Å². The predicted octanol–water partition coefficient (Wildman–Crippen LogP) is 3.11. The van der Waals surface area contributed by atoms with Gasteiger partial charge < -0.3 is 4.40 Å². The van der Waals surface area contributed by atoms with Crippen molar-refractivity contribution in [2.24, 2.45) is 0 Å². The molecule has 0 bridgehead atoms. The van der Waals surface area contributed by atoms with Crippen LogP contribution in [0.15, 0.2) is 53.6 Å². The molecule has 3 heteroatoms. The van der Waals surface area contributed by atoms with Crippen LogP contribution in [0.1, 0.15) is 0 Å². The summed E-state index contributed by atoms with van der Waals surface area (Å²) in [6, 6.07) is 10.9. The lowest BCUT2D eigenvalue weighted by atomic mass is 10.2. The van der Waals surface area contributed by atoms with Gasteiger partial charge in [0, 0.05) is 22.8 Å². The number of fused-ring (bicyclic) bond motifs is 2. The second kappa shape index (κ2) is 3.35. The molecule has 3 aromatic rings. The minimum Gasteiger partial charge on any atom is -0.320 e. The van der Waals surface area contributed by atoms with Crippen LogP contribution >= 0.6 is 11.6 Å². The molecule has 2 nitrogen and oxygen atoms in total. The van der Waals surface area contributed by atoms with E-state index in [0.717, 1.165) is 5.39 Å². The Morgan fingerprint density at radius 1 is 1.06 bits per heavy atom. The van der Waals surface area contributed by atoms with Gasteiger partial charge in [-0.05, 0) is 35.7 Å². The molecule has 2 heterocycles. The summed E-state index contributed by atoms with van der Waals surface area (Å²) < 4.78 is 1.82. The number of benzene rings is 1. The molecule has 0 saturated heterocycles. The first-order chi connectivity index (χ1) is 7.75. The first-order valence-corrected chi connectivity index (χ1v) is 5.33. The van der Waals surface area contributed by atoms with Gasteiger partial charge in [-0.3, -0.25) is 4.79 Å². The molecule has 0 aliphatic heterocycles. The van der Waals surface area contributed by atoms with Gasteiger partial charge in [-0.25, -0.2) is 0 Å². The zero-order chi connectivity index (χ0) is 11.1. The van der Waals surface area contributed by atoms with Gasteiger partial charge >= 0.3 is 0 Å². The van der Waals surface area contributed by atoms with Crippen LogP contribution in [0, 0.1) is 0 Å². The summed E-state index contributed by atoms with van der Waals surface area (Å²) in [4.78, 5) is 12.2. The number of hydrogen-bond donors (Lipinski definition) is 0. The van der Waals surface area contributed by atoms with Gasteiger partial charge in [-0.15, -0.1) is 0 Å². The molecule has 0 radical (unpaired) electrons. The van der Waals surface area contributed by atoms with Crippen LogP contribution in [0.2, 0.25) is 5.02 Å². The molecule has 0 atom stereocenters. The van der Waals surface area contributed by atoms with Crippen molar-refractivity contribution in [2.45, 2.75) is 0 Å². The number of hydrogen-bond acceptors (Lipinski definition) is 1. The molecule has 0 fully saturated rings. The largest absolute Gasteiger partial charge is 0.320 e. The van der Waals surface area contributed by atoms with Crippen LogP contribution in [0.5, 0.6) is 0 Å². The normalized spacial score (nSPS) is 11.1. The van der Waals surface area contributed by atoms with E-state index < -0.39 is 0 Å². The quantitative estimate of drug-likeness (QED) is 0.581. The van der Waals surface area contributed by atoms with Crippen LogP contribution in [-0.2, 0) is 0 Å². The maximum atomic E-state index is 12.2. The number of rotatable bonds is 0. The molecule has 0 amide bonds. The van der Waals surface area contributed by atoms with Crippen molar-refractivity contribution >= 4 is 27.9 Å². The van der Waals surface area contributed by atoms with Gasteiger partial charge in [0.15, 0.2) is 0 Å². The summed E-state index contributed by atoms with van der Waals surface area (Å²) in [5.74, 6) is 0. The van der Waals surface area contributed by atoms with Gasteiger partial charge in [0.25, 0.3) is 0 Å². The minimum atomic E-state index is 0.00694. The van der Waals surface area contributed by atoms with Gasteiger partial charge in [0.05, 0.1) is 5.52 Å². The fraction of sp³-hybridized carbons (Fsp3) is 0. The van der Waals surface area contributed by atoms with E-state index in [1.807, 2.05) is 41.1 Å². The lowest BCUT2D eigenvalue weighted by Gasteiger charge is -1.91. The second-order valence-electron chi connectivity index (χ2n) is 3.68. The molecule has 0 saturated carbocycles. The van der Waals surface area contributed by atoms with E-state index in [9.17, 15) is 4.79 Å². The zero-order valence-electron chi connectivity index (χ0n) is 8.35. The number of aromatic nitrogens is 1. The first-order valence-electron chi connectivity index (χ1n) is 4.95. The summed E-state index contributed by atoms with van der Waals surface area (Å²) in [5.41, 5.74) is 0.671. The highest BCUT2D eigenvalue weighted by Gasteiger charge is 2.02. The molecule has 0 aliphatic rings. The average molecular weight is 230 g/mol. The van der Waals surface area contributed by atoms with Crippen LogP contribution in [-0.4, -0.2) is 4.40 Å². The molecule has 16 heavy (non-hydrogen) atoms. The molecule has 0 spiro atoms. The SMILES string of the molecule is O=c1c2cc(Cl)ccc2ccn2cccc12. The van der Waals surface area contributed by atoms with E-state index in [2.05, 4.69) is 0 Å². The summed E-state index contributed by atoms with van der Waals surface area (Å²) in [7, 11) is 0. The number of halogens is 1. The molecular weight excluding hydrogens is 222 g/mol. The van der Waals surface area contributed by atoms with Crippen LogP contribution in [0.4, 0.5) is 0 Å². The van der Waals surface area contributed by atoms with Crippen molar-refractivity contribution in [3.8, 4) is 0 Å². The third-order valence-electron chi connectivity index (χ3n) is 2.69. The van der Waals surface area contributed by atoms with E-state index in [0.29, 0.717) is 15.9 Å². The van der Waals surface area contributed by atoms with E-state index in [4.69, 9.17) is 11.6 Å². The smallest absolute Gasteiger partial charge is 0.210 e. The lowest BCUT2D eigenvalue weighted by molar-refractivity contribution is 1.21. The monoisotopic (exact) mass is 229 g/mol. The Labute approximate surface area is 96.7 Å². The van der Waals surface area contributed by atoms with E-state index in [-0.39, 0.29) is 5.43 Å². The fourth-order valence-electron chi connectivity index (χ4n) is 1.89. The summed E-state index contributed by atoms with van der Waals surface area (Å²) in [6.07, 6.45) is 3.74. The Hall–Kier alpha value is -1.80. The van der Waals surface area contributed by atoms with Crippen LogP contribution in [0.25, 0.3) is 16.3 Å². The lowest BCUT2D eigenvalue weighted by Crippen LogP contribution is -1.99. The molecule has 0 aliphatic carbocycles. The Balaban J connectivity index is 2.66. The van der Waals surface area contributed by atoms with Crippen molar-refractivity contribution in [3.05, 3.63) is 64.0 Å². The van der Waals surface area contributed by atoms with Gasteiger partial charge in [-0.1, -0.05) is 17.7 Å². The Morgan fingerprint density at radius 2 is 1.94 bits per heavy atom. The summed E-state index contributed by atoms with van der Waals surface area (Å²) in [6.45, 7) is 0. The topological polar surface area (TPSA) is 21.5 Å². The van der Waals surface area contributed by atoms with Crippen LogP contribution in [0.3, 0.4) is 0 Å². The maximum Gasteiger partial charge on any atom is 0.210 e. The highest BCUT2D eigenvalue weighted by Crippen LogP contribution is 2.16. The van der Waals surface area contributed by atoms with Crippen molar-refractivity contribution < 1.29 is 0 Å². The van der Waals surface area contributed by atoms with Crippen molar-refractivity contribution in [1.82, 2.24) is 4.40 Å². The summed E-state index contributed by atoms with van der Waals surface area (Å²) in [5, 5.41) is 2.14. The minimum absolute atomic E-state index is 0.00694. The van der Waals surface area contributed by atoms with E-state index in [1.165, 1.54) is 0 Å². The maximum absolute atomic E-state index is 12.2. The van der Waals surface area contributed by atoms with E-state index >= 15 is 0 Å². The first kappa shape index (κ1) is 9.43. The molecule has 78 valence electrons. The third kappa shape index (κ3) is 1.31. The Kier molecular flexibility index (Phi) is 1.98. The number of nitrogens with zero attached hydrogens (tertiary/aromatic N) is 1. The Morgan fingerprint density at radius 3 is 2.81 bits per heavy atom. The fourth-order valence-corrected chi connectivity index (χ4v) is 2.06. The van der Waals surface area contributed by atoms with Gasteiger partial charge in [-0.2, -0.15) is 0 Å². The average Bonchev–Trinajstić information content (AvgIpc) is 2.70. The molecule has 2 aromatic heterocycles.